The van der Waals surface area contributed by atoms with Crippen LogP contribution in [-0.2, 0) is 28.6 Å². The summed E-state index contributed by atoms with van der Waals surface area (Å²) in [5, 5.41) is 0. The van der Waals surface area contributed by atoms with Crippen molar-refractivity contribution in [2.24, 2.45) is 0 Å². The highest BCUT2D eigenvalue weighted by molar-refractivity contribution is 5.71. The molecule has 0 heterocycles. The van der Waals surface area contributed by atoms with Gasteiger partial charge < -0.3 is 14.2 Å². The fourth-order valence-corrected chi connectivity index (χ4v) is 6.68. The van der Waals surface area contributed by atoms with Crippen molar-refractivity contribution in [2.75, 3.05) is 13.2 Å². The fraction of sp³-hybridized carbons (Fsp3) is 0.638. The number of unbranched alkanes of at least 4 members (excludes halogenated alkanes) is 16. The summed E-state index contributed by atoms with van der Waals surface area (Å²) in [4.78, 5) is 37.6. The topological polar surface area (TPSA) is 78.9 Å². The van der Waals surface area contributed by atoms with Gasteiger partial charge >= 0.3 is 17.9 Å². The minimum Gasteiger partial charge on any atom is -0.462 e. The number of allylic oxidation sites excluding steroid dienone is 18. The summed E-state index contributed by atoms with van der Waals surface area (Å²) in [6.45, 7) is 6.39. The lowest BCUT2D eigenvalue weighted by Gasteiger charge is -2.18. The Morgan fingerprint density at radius 2 is 0.609 bits per heavy atom. The van der Waals surface area contributed by atoms with E-state index in [1.807, 2.05) is 0 Å². The Labute approximate surface area is 393 Å². The first kappa shape index (κ1) is 60.1. The summed E-state index contributed by atoms with van der Waals surface area (Å²) in [5.74, 6) is -0.975. The largest absolute Gasteiger partial charge is 0.462 e. The van der Waals surface area contributed by atoms with Crippen LogP contribution in [0.4, 0.5) is 0 Å². The van der Waals surface area contributed by atoms with E-state index >= 15 is 0 Å². The van der Waals surface area contributed by atoms with Crippen LogP contribution in [0, 0.1) is 0 Å². The monoisotopic (exact) mass is 887 g/mol. The van der Waals surface area contributed by atoms with E-state index in [-0.39, 0.29) is 37.5 Å². The molecular weight excluding hydrogens is 793 g/mol. The smallest absolute Gasteiger partial charge is 0.306 e. The Bertz CT molecular complexity index is 1340. The van der Waals surface area contributed by atoms with Crippen LogP contribution in [0.5, 0.6) is 0 Å². The average molecular weight is 887 g/mol. The number of rotatable bonds is 45. The second-order valence-electron chi connectivity index (χ2n) is 16.7. The van der Waals surface area contributed by atoms with Crippen LogP contribution in [0.2, 0.25) is 0 Å². The van der Waals surface area contributed by atoms with Crippen molar-refractivity contribution in [3.05, 3.63) is 109 Å². The third-order valence-electron chi connectivity index (χ3n) is 10.5. The molecule has 0 aliphatic heterocycles. The van der Waals surface area contributed by atoms with Gasteiger partial charge in [-0.25, -0.2) is 0 Å². The number of carbonyl (C=O) groups is 3. The molecule has 0 fully saturated rings. The van der Waals surface area contributed by atoms with Gasteiger partial charge in [0.2, 0.25) is 0 Å². The second-order valence-corrected chi connectivity index (χ2v) is 16.7. The molecule has 0 bridgehead atoms. The average Bonchev–Trinajstić information content (AvgIpc) is 3.29. The van der Waals surface area contributed by atoms with Gasteiger partial charge in [-0.15, -0.1) is 0 Å². The number of hydrogen-bond acceptors (Lipinski definition) is 6. The molecule has 6 heteroatoms. The Kier molecular flexibility index (Phi) is 48.5. The Balaban J connectivity index is 4.25. The second kappa shape index (κ2) is 51.7. The third kappa shape index (κ3) is 49.1. The third-order valence-corrected chi connectivity index (χ3v) is 10.5. The first-order valence-electron chi connectivity index (χ1n) is 25.9. The van der Waals surface area contributed by atoms with Gasteiger partial charge in [-0.2, -0.15) is 0 Å². The Morgan fingerprint density at radius 1 is 0.328 bits per heavy atom. The Morgan fingerprint density at radius 3 is 0.953 bits per heavy atom. The highest BCUT2D eigenvalue weighted by Crippen LogP contribution is 2.14. The SMILES string of the molecule is CC/C=C\C/C=C\C/C=C\C/C=C\C/C=C\C/C=C\C/C=C\C/C=C\C/C=C\CCCC(=O)OCC(COC(=O)CCCCCCCC)OC(=O)CCCCCCCCCCCCC. The summed E-state index contributed by atoms with van der Waals surface area (Å²) in [6, 6.07) is 0. The lowest BCUT2D eigenvalue weighted by molar-refractivity contribution is -0.167. The van der Waals surface area contributed by atoms with Gasteiger partial charge in [-0.3, -0.25) is 14.4 Å². The molecule has 0 N–H and O–H groups in total. The van der Waals surface area contributed by atoms with Crippen molar-refractivity contribution in [1.29, 1.82) is 0 Å². The zero-order chi connectivity index (χ0) is 46.5. The van der Waals surface area contributed by atoms with Crippen molar-refractivity contribution in [2.45, 2.75) is 226 Å². The van der Waals surface area contributed by atoms with Crippen LogP contribution in [0.15, 0.2) is 109 Å². The first-order valence-corrected chi connectivity index (χ1v) is 25.9. The highest BCUT2D eigenvalue weighted by atomic mass is 16.6. The first-order chi connectivity index (χ1) is 31.5. The van der Waals surface area contributed by atoms with Gasteiger partial charge in [0.1, 0.15) is 13.2 Å². The molecule has 0 aromatic heterocycles. The zero-order valence-corrected chi connectivity index (χ0v) is 41.3. The van der Waals surface area contributed by atoms with E-state index in [4.69, 9.17) is 14.2 Å². The molecule has 1 atom stereocenters. The lowest BCUT2D eigenvalue weighted by Crippen LogP contribution is -2.30. The predicted octanol–water partition coefficient (Wildman–Crippen LogP) is 17.1. The molecule has 0 aliphatic carbocycles. The molecule has 1 unspecified atom stereocenters. The van der Waals surface area contributed by atoms with E-state index < -0.39 is 6.10 Å². The molecule has 362 valence electrons. The molecule has 0 aliphatic rings. The van der Waals surface area contributed by atoms with Crippen molar-refractivity contribution in [3.8, 4) is 0 Å². The standard InChI is InChI=1S/C58H94O6/c1-4-7-10-13-16-18-20-21-22-23-24-25-26-27-28-29-30-31-32-33-34-35-36-37-39-40-42-45-48-51-57(60)63-54-55(53-62-56(59)50-47-44-15-12-9-6-3)64-58(61)52-49-46-43-41-38-19-17-14-11-8-5-2/h7,10,16,18,21-22,24-25,27-28,30-31,33-34,36-37,40,42,55H,4-6,8-9,11-15,17,19-20,23,26,29,32,35,38-39,41,43-54H2,1-3H3/b10-7-,18-16-,22-21-,25-24-,28-27-,31-30-,34-33-,37-36-,42-40-. The van der Waals surface area contributed by atoms with Crippen LogP contribution in [-0.4, -0.2) is 37.2 Å². The molecule has 0 aromatic rings. The maximum Gasteiger partial charge on any atom is 0.306 e. The number of ether oxygens (including phenoxy) is 3. The van der Waals surface area contributed by atoms with Crippen LogP contribution >= 0.6 is 0 Å². The van der Waals surface area contributed by atoms with Gasteiger partial charge in [0.25, 0.3) is 0 Å². The van der Waals surface area contributed by atoms with E-state index in [1.54, 1.807) is 0 Å². The number of hydrogen-bond donors (Lipinski definition) is 0. The summed E-state index contributed by atoms with van der Waals surface area (Å²) in [7, 11) is 0. The quantitative estimate of drug-likeness (QED) is 0.0262. The molecule has 0 rings (SSSR count). The van der Waals surface area contributed by atoms with Gasteiger partial charge in [0.05, 0.1) is 0 Å². The fourth-order valence-electron chi connectivity index (χ4n) is 6.68. The minimum absolute atomic E-state index is 0.0958. The van der Waals surface area contributed by atoms with E-state index in [0.717, 1.165) is 103 Å². The van der Waals surface area contributed by atoms with E-state index in [0.29, 0.717) is 19.3 Å². The molecule has 0 aromatic carbocycles. The Hall–Kier alpha value is -3.93. The molecule has 0 amide bonds. The predicted molar refractivity (Wildman–Crippen MR) is 274 cm³/mol. The maximum atomic E-state index is 12.7. The van der Waals surface area contributed by atoms with Crippen LogP contribution in [0.3, 0.4) is 0 Å². The highest BCUT2D eigenvalue weighted by Gasteiger charge is 2.19. The molecule has 0 radical (unpaired) electrons. The molecule has 64 heavy (non-hydrogen) atoms. The normalized spacial score (nSPS) is 13.0. The maximum absolute atomic E-state index is 12.7. The summed E-state index contributed by atoms with van der Waals surface area (Å²) >= 11 is 0. The van der Waals surface area contributed by atoms with Crippen molar-refractivity contribution in [1.82, 2.24) is 0 Å². The van der Waals surface area contributed by atoms with E-state index in [1.165, 1.54) is 70.6 Å². The van der Waals surface area contributed by atoms with E-state index in [2.05, 4.69) is 130 Å². The molecule has 0 saturated carbocycles. The molecular formula is C58H94O6. The van der Waals surface area contributed by atoms with Crippen LogP contribution < -0.4 is 0 Å². The van der Waals surface area contributed by atoms with Gasteiger partial charge in [0, 0.05) is 19.3 Å². The van der Waals surface area contributed by atoms with Crippen molar-refractivity contribution in [3.63, 3.8) is 0 Å². The summed E-state index contributed by atoms with van der Waals surface area (Å²) in [6.07, 6.45) is 69.7. The van der Waals surface area contributed by atoms with Gasteiger partial charge in [0.15, 0.2) is 6.10 Å². The minimum atomic E-state index is -0.796. The van der Waals surface area contributed by atoms with Crippen molar-refractivity contribution >= 4 is 17.9 Å². The van der Waals surface area contributed by atoms with Gasteiger partial charge in [-0.1, -0.05) is 226 Å². The van der Waals surface area contributed by atoms with E-state index in [9.17, 15) is 14.4 Å². The van der Waals surface area contributed by atoms with Crippen LogP contribution in [0.1, 0.15) is 220 Å². The zero-order valence-electron chi connectivity index (χ0n) is 41.3. The lowest BCUT2D eigenvalue weighted by atomic mass is 10.1. The molecule has 0 spiro atoms. The number of carbonyl (C=O) groups excluding carboxylic acids is 3. The summed E-state index contributed by atoms with van der Waals surface area (Å²) in [5.41, 5.74) is 0. The van der Waals surface area contributed by atoms with Gasteiger partial charge in [-0.05, 0) is 83.5 Å². The van der Waals surface area contributed by atoms with Crippen LogP contribution in [0.25, 0.3) is 0 Å². The van der Waals surface area contributed by atoms with Crippen molar-refractivity contribution < 1.29 is 28.6 Å². The summed E-state index contributed by atoms with van der Waals surface area (Å²) < 4.78 is 16.6. The number of esters is 3. The molecule has 0 saturated heterocycles. The molecule has 6 nitrogen and oxygen atoms in total.